The molecule has 6 heteroatoms. The van der Waals surface area contributed by atoms with E-state index < -0.39 is 27.1 Å². The topological polar surface area (TPSA) is 75.0 Å². The number of carbonyl (C=O) groups is 1. The van der Waals surface area contributed by atoms with Gasteiger partial charge in [0.25, 0.3) is 0 Å². The van der Waals surface area contributed by atoms with Crippen LogP contribution in [-0.2, 0) is 9.84 Å². The number of carbonyl (C=O) groups excluding carboxylic acids is 1. The average Bonchev–Trinajstić information content (AvgIpc) is 2.17. The van der Waals surface area contributed by atoms with Gasteiger partial charge >= 0.3 is 0 Å². The number of Topliss-reactive ketones (excluding diaryl/α,β-unsaturated/α-hetero) is 1. The lowest BCUT2D eigenvalue weighted by Crippen LogP contribution is -2.18. The lowest BCUT2D eigenvalue weighted by Gasteiger charge is -2.00. The quantitative estimate of drug-likeness (QED) is 0.766. The Bertz CT molecular complexity index is 528. The standard InChI is InChI=1S/C10H8ClNO3S/c11-9-3-1-8(2-4-9)10(13)7-16(14,15)6-5-12/h1-4H,6-7H2. The molecule has 0 N–H and O–H groups in total. The summed E-state index contributed by atoms with van der Waals surface area (Å²) in [5.74, 6) is -1.83. The van der Waals surface area contributed by atoms with Gasteiger partial charge in [0, 0.05) is 10.6 Å². The molecule has 0 fully saturated rings. The van der Waals surface area contributed by atoms with Crippen molar-refractivity contribution in [2.45, 2.75) is 0 Å². The third-order valence-corrected chi connectivity index (χ3v) is 3.32. The predicted octanol–water partition coefficient (Wildman–Crippen LogP) is 1.46. The molecule has 0 atom stereocenters. The van der Waals surface area contributed by atoms with E-state index in [-0.39, 0.29) is 5.56 Å². The van der Waals surface area contributed by atoms with Crippen LogP contribution in [0.4, 0.5) is 0 Å². The lowest BCUT2D eigenvalue weighted by molar-refractivity contribution is 0.102. The summed E-state index contributed by atoms with van der Waals surface area (Å²) in [5.41, 5.74) is 0.269. The Hall–Kier alpha value is -1.38. The maximum atomic E-state index is 11.5. The first-order valence-electron chi connectivity index (χ1n) is 4.31. The molecule has 0 unspecified atom stereocenters. The Kier molecular flexibility index (Phi) is 4.05. The predicted molar refractivity (Wildman–Crippen MR) is 60.0 cm³/mol. The average molecular weight is 258 g/mol. The van der Waals surface area contributed by atoms with Crippen LogP contribution in [0.2, 0.25) is 5.02 Å². The van der Waals surface area contributed by atoms with E-state index >= 15 is 0 Å². The van der Waals surface area contributed by atoms with Gasteiger partial charge in [0.2, 0.25) is 0 Å². The van der Waals surface area contributed by atoms with Gasteiger partial charge in [-0.25, -0.2) is 8.42 Å². The molecule has 0 radical (unpaired) electrons. The second-order valence-electron chi connectivity index (χ2n) is 3.12. The first-order valence-corrected chi connectivity index (χ1v) is 6.51. The molecular weight excluding hydrogens is 250 g/mol. The molecule has 0 aliphatic heterocycles. The molecule has 1 rings (SSSR count). The van der Waals surface area contributed by atoms with Crippen LogP contribution in [-0.4, -0.2) is 25.7 Å². The molecule has 0 saturated heterocycles. The van der Waals surface area contributed by atoms with Crippen molar-refractivity contribution in [2.24, 2.45) is 0 Å². The number of ketones is 1. The minimum atomic E-state index is -3.63. The highest BCUT2D eigenvalue weighted by Crippen LogP contribution is 2.10. The van der Waals surface area contributed by atoms with Crippen LogP contribution < -0.4 is 0 Å². The van der Waals surface area contributed by atoms with Gasteiger partial charge < -0.3 is 0 Å². The van der Waals surface area contributed by atoms with Gasteiger partial charge in [-0.15, -0.1) is 0 Å². The Labute approximate surface area is 98.4 Å². The molecule has 0 saturated carbocycles. The molecule has 0 bridgehead atoms. The summed E-state index contributed by atoms with van der Waals surface area (Å²) in [6.45, 7) is 0. The molecule has 0 aromatic heterocycles. The highest BCUT2D eigenvalue weighted by atomic mass is 35.5. The summed E-state index contributed by atoms with van der Waals surface area (Å²) in [5, 5.41) is 8.73. The number of benzene rings is 1. The zero-order chi connectivity index (χ0) is 12.2. The SMILES string of the molecule is N#CCS(=O)(=O)CC(=O)c1ccc(Cl)cc1. The Morgan fingerprint density at radius 1 is 1.31 bits per heavy atom. The fourth-order valence-electron chi connectivity index (χ4n) is 1.07. The van der Waals surface area contributed by atoms with Crippen molar-refractivity contribution in [2.75, 3.05) is 11.5 Å². The highest BCUT2D eigenvalue weighted by Gasteiger charge is 2.17. The maximum Gasteiger partial charge on any atom is 0.177 e. The van der Waals surface area contributed by atoms with E-state index in [1.54, 1.807) is 0 Å². The van der Waals surface area contributed by atoms with Crippen molar-refractivity contribution in [3.63, 3.8) is 0 Å². The van der Waals surface area contributed by atoms with E-state index in [0.717, 1.165) is 0 Å². The number of hydrogen-bond acceptors (Lipinski definition) is 4. The number of nitrogens with zero attached hydrogens (tertiary/aromatic N) is 1. The molecular formula is C10H8ClNO3S. The van der Waals surface area contributed by atoms with Crippen LogP contribution in [0.3, 0.4) is 0 Å². The van der Waals surface area contributed by atoms with Gasteiger partial charge in [0.1, 0.15) is 11.5 Å². The maximum absolute atomic E-state index is 11.5. The molecule has 0 aliphatic carbocycles. The van der Waals surface area contributed by atoms with Crippen LogP contribution in [0, 0.1) is 11.3 Å². The number of rotatable bonds is 4. The molecule has 4 nitrogen and oxygen atoms in total. The van der Waals surface area contributed by atoms with Gasteiger partial charge in [-0.05, 0) is 24.3 Å². The first-order chi connectivity index (χ1) is 7.44. The second-order valence-corrected chi connectivity index (χ2v) is 5.62. The van der Waals surface area contributed by atoms with Crippen molar-refractivity contribution in [1.82, 2.24) is 0 Å². The number of halogens is 1. The van der Waals surface area contributed by atoms with Gasteiger partial charge in [0.15, 0.2) is 15.6 Å². The van der Waals surface area contributed by atoms with Crippen LogP contribution in [0.15, 0.2) is 24.3 Å². The first kappa shape index (κ1) is 12.7. The van der Waals surface area contributed by atoms with Crippen molar-refractivity contribution in [1.29, 1.82) is 5.26 Å². The van der Waals surface area contributed by atoms with Crippen molar-refractivity contribution in [3.8, 4) is 6.07 Å². The van der Waals surface area contributed by atoms with Crippen LogP contribution in [0.5, 0.6) is 0 Å². The molecule has 16 heavy (non-hydrogen) atoms. The smallest absolute Gasteiger partial charge is 0.177 e. The molecule has 0 spiro atoms. The van der Waals surface area contributed by atoms with Crippen LogP contribution in [0.1, 0.15) is 10.4 Å². The fourth-order valence-corrected chi connectivity index (χ4v) is 2.06. The molecule has 1 aromatic carbocycles. The molecule has 0 amide bonds. The summed E-state index contributed by atoms with van der Waals surface area (Å²) in [7, 11) is -3.63. The molecule has 0 aliphatic rings. The number of nitriles is 1. The summed E-state index contributed by atoms with van der Waals surface area (Å²) in [4.78, 5) is 11.5. The van der Waals surface area contributed by atoms with E-state index in [0.29, 0.717) is 5.02 Å². The van der Waals surface area contributed by atoms with Gasteiger partial charge in [-0.1, -0.05) is 11.6 Å². The monoisotopic (exact) mass is 257 g/mol. The third kappa shape index (κ3) is 3.65. The van der Waals surface area contributed by atoms with E-state index in [2.05, 4.69) is 0 Å². The minimum Gasteiger partial charge on any atom is -0.293 e. The number of sulfone groups is 1. The second kappa shape index (κ2) is 5.10. The zero-order valence-electron chi connectivity index (χ0n) is 8.18. The zero-order valence-corrected chi connectivity index (χ0v) is 9.75. The lowest BCUT2D eigenvalue weighted by atomic mass is 10.1. The molecule has 0 heterocycles. The largest absolute Gasteiger partial charge is 0.293 e. The van der Waals surface area contributed by atoms with Crippen LogP contribution in [0.25, 0.3) is 0 Å². The highest BCUT2D eigenvalue weighted by molar-refractivity contribution is 7.92. The van der Waals surface area contributed by atoms with E-state index in [9.17, 15) is 13.2 Å². The summed E-state index contributed by atoms with van der Waals surface area (Å²) < 4.78 is 22.4. The van der Waals surface area contributed by atoms with E-state index in [4.69, 9.17) is 16.9 Å². The molecule has 1 aromatic rings. The van der Waals surface area contributed by atoms with E-state index in [1.807, 2.05) is 0 Å². The third-order valence-electron chi connectivity index (χ3n) is 1.80. The summed E-state index contributed by atoms with van der Waals surface area (Å²) >= 11 is 5.63. The van der Waals surface area contributed by atoms with Gasteiger partial charge in [-0.3, -0.25) is 4.79 Å². The Balaban J connectivity index is 2.82. The van der Waals surface area contributed by atoms with Crippen molar-refractivity contribution >= 4 is 27.2 Å². The summed E-state index contributed by atoms with van der Waals surface area (Å²) in [6.07, 6.45) is 0. The van der Waals surface area contributed by atoms with Gasteiger partial charge in [-0.2, -0.15) is 5.26 Å². The Morgan fingerprint density at radius 3 is 2.38 bits per heavy atom. The van der Waals surface area contributed by atoms with E-state index in [1.165, 1.54) is 30.3 Å². The normalized spacial score (nSPS) is 10.8. The molecule has 84 valence electrons. The van der Waals surface area contributed by atoms with Crippen molar-refractivity contribution in [3.05, 3.63) is 34.9 Å². The van der Waals surface area contributed by atoms with Crippen molar-refractivity contribution < 1.29 is 13.2 Å². The fraction of sp³-hybridized carbons (Fsp3) is 0.200. The summed E-state index contributed by atoms with van der Waals surface area (Å²) in [6, 6.07) is 7.43. The number of hydrogen-bond donors (Lipinski definition) is 0. The Morgan fingerprint density at radius 2 is 1.88 bits per heavy atom. The van der Waals surface area contributed by atoms with Gasteiger partial charge in [0.05, 0.1) is 6.07 Å². The minimum absolute atomic E-state index is 0.269. The van der Waals surface area contributed by atoms with Crippen LogP contribution >= 0.6 is 11.6 Å².